The molecule has 13 heteroatoms. The molecule has 32 heavy (non-hydrogen) atoms. The molecule has 1 N–H and O–H groups in total. The predicted molar refractivity (Wildman–Crippen MR) is 107 cm³/mol. The lowest BCUT2D eigenvalue weighted by atomic mass is 10.3. The van der Waals surface area contributed by atoms with Gasteiger partial charge in [-0.1, -0.05) is 0 Å². The number of ether oxygens (including phenoxy) is 2. The summed E-state index contributed by atoms with van der Waals surface area (Å²) < 4.78 is 51.3. The van der Waals surface area contributed by atoms with E-state index < -0.39 is 35.7 Å². The van der Waals surface area contributed by atoms with Crippen molar-refractivity contribution < 1.29 is 32.5 Å². The van der Waals surface area contributed by atoms with Gasteiger partial charge in [-0.05, 0) is 28.1 Å². The number of carboxylic acids is 1. The van der Waals surface area contributed by atoms with Crippen LogP contribution in [0.15, 0.2) is 56.8 Å². The largest absolute Gasteiger partial charge is 0.479 e. The SMILES string of the molecule is Cn1c(C(F)(F)F)cc(=O)n(-c2ccc(Br)c(Oc3cnccc3OCC(=O)O)c2)c1=O. The number of halogens is 4. The van der Waals surface area contributed by atoms with Gasteiger partial charge in [-0.3, -0.25) is 14.3 Å². The molecular formula is C19H13BrF3N3O6. The standard InChI is InChI=1S/C19H13BrF3N3O6/c1-25-15(19(21,22)23)7-16(27)26(18(25)30)10-2-3-11(20)13(6-10)32-14-8-24-5-4-12(14)31-9-17(28)29/h2-8H,9H2,1H3,(H,28,29). The van der Waals surface area contributed by atoms with E-state index in [1.165, 1.54) is 36.7 Å². The quantitative estimate of drug-likeness (QED) is 0.536. The van der Waals surface area contributed by atoms with Crippen molar-refractivity contribution in [1.82, 2.24) is 14.1 Å². The van der Waals surface area contributed by atoms with Crippen LogP contribution >= 0.6 is 15.9 Å². The van der Waals surface area contributed by atoms with Crippen LogP contribution in [-0.4, -0.2) is 31.8 Å². The van der Waals surface area contributed by atoms with Crippen molar-refractivity contribution in [2.24, 2.45) is 7.05 Å². The molecule has 3 aromatic rings. The van der Waals surface area contributed by atoms with E-state index in [-0.39, 0.29) is 22.9 Å². The van der Waals surface area contributed by atoms with Crippen LogP contribution in [0.1, 0.15) is 5.69 Å². The van der Waals surface area contributed by atoms with Gasteiger partial charge in [0.05, 0.1) is 16.4 Å². The second-order valence-corrected chi connectivity index (χ2v) is 7.12. The zero-order valence-corrected chi connectivity index (χ0v) is 17.7. The van der Waals surface area contributed by atoms with Gasteiger partial charge in [0, 0.05) is 31.4 Å². The minimum atomic E-state index is -4.88. The lowest BCUT2D eigenvalue weighted by molar-refractivity contribution is -0.144. The average molecular weight is 516 g/mol. The Morgan fingerprint density at radius 3 is 2.53 bits per heavy atom. The van der Waals surface area contributed by atoms with E-state index >= 15 is 0 Å². The number of alkyl halides is 3. The van der Waals surface area contributed by atoms with Crippen molar-refractivity contribution in [3.63, 3.8) is 0 Å². The van der Waals surface area contributed by atoms with Gasteiger partial charge in [0.2, 0.25) is 0 Å². The minimum absolute atomic E-state index is 0.0271. The minimum Gasteiger partial charge on any atom is -0.479 e. The maximum Gasteiger partial charge on any atom is 0.431 e. The summed E-state index contributed by atoms with van der Waals surface area (Å²) >= 11 is 3.24. The fraction of sp³-hybridized carbons (Fsp3) is 0.158. The number of carbonyl (C=O) groups is 1. The Balaban J connectivity index is 2.05. The van der Waals surface area contributed by atoms with Gasteiger partial charge in [-0.2, -0.15) is 13.2 Å². The number of rotatable bonds is 6. The van der Waals surface area contributed by atoms with E-state index in [1.807, 2.05) is 0 Å². The summed E-state index contributed by atoms with van der Waals surface area (Å²) in [5, 5.41) is 8.78. The number of carboxylic acid groups (broad SMARTS) is 1. The van der Waals surface area contributed by atoms with Crippen LogP contribution in [0.2, 0.25) is 0 Å². The molecule has 0 aliphatic rings. The highest BCUT2D eigenvalue weighted by atomic mass is 79.9. The number of benzene rings is 1. The molecule has 0 bridgehead atoms. The number of nitrogens with zero attached hydrogens (tertiary/aromatic N) is 3. The zero-order chi connectivity index (χ0) is 23.6. The summed E-state index contributed by atoms with van der Waals surface area (Å²) in [6.45, 7) is -0.640. The summed E-state index contributed by atoms with van der Waals surface area (Å²) in [7, 11) is 0.902. The van der Waals surface area contributed by atoms with Crippen molar-refractivity contribution in [3.05, 3.63) is 73.7 Å². The monoisotopic (exact) mass is 515 g/mol. The topological polar surface area (TPSA) is 113 Å². The van der Waals surface area contributed by atoms with Crippen LogP contribution in [0.4, 0.5) is 13.2 Å². The van der Waals surface area contributed by atoms with E-state index in [2.05, 4.69) is 20.9 Å². The zero-order valence-electron chi connectivity index (χ0n) is 16.1. The van der Waals surface area contributed by atoms with Gasteiger partial charge in [-0.15, -0.1) is 0 Å². The van der Waals surface area contributed by atoms with E-state index in [4.69, 9.17) is 14.6 Å². The van der Waals surface area contributed by atoms with Gasteiger partial charge in [0.25, 0.3) is 5.56 Å². The summed E-state index contributed by atoms with van der Waals surface area (Å²) in [5.41, 5.74) is -3.82. The first-order valence-corrected chi connectivity index (χ1v) is 9.45. The molecule has 0 spiro atoms. The number of hydrogen-bond donors (Lipinski definition) is 1. The molecule has 0 unspecified atom stereocenters. The lowest BCUT2D eigenvalue weighted by Crippen LogP contribution is -2.40. The van der Waals surface area contributed by atoms with Gasteiger partial charge in [0.15, 0.2) is 18.1 Å². The van der Waals surface area contributed by atoms with Crippen molar-refractivity contribution >= 4 is 21.9 Å². The van der Waals surface area contributed by atoms with E-state index in [0.29, 0.717) is 19.7 Å². The number of pyridine rings is 1. The van der Waals surface area contributed by atoms with Crippen LogP contribution in [0.25, 0.3) is 5.69 Å². The molecular weight excluding hydrogens is 503 g/mol. The van der Waals surface area contributed by atoms with Crippen LogP contribution in [0, 0.1) is 0 Å². The number of aliphatic carboxylic acids is 1. The average Bonchev–Trinajstić information content (AvgIpc) is 2.71. The highest BCUT2D eigenvalue weighted by Crippen LogP contribution is 2.35. The predicted octanol–water partition coefficient (Wildman–Crippen LogP) is 2.97. The molecule has 0 amide bonds. The Labute approximate surface area is 185 Å². The van der Waals surface area contributed by atoms with Gasteiger partial charge < -0.3 is 14.6 Å². The smallest absolute Gasteiger partial charge is 0.431 e. The maximum atomic E-state index is 13.1. The normalized spacial score (nSPS) is 11.3. The Kier molecular flexibility index (Phi) is 6.39. The number of aromatic nitrogens is 3. The van der Waals surface area contributed by atoms with Crippen molar-refractivity contribution in [2.75, 3.05) is 6.61 Å². The molecule has 0 radical (unpaired) electrons. The third-order valence-electron chi connectivity index (χ3n) is 4.10. The van der Waals surface area contributed by atoms with Crippen molar-refractivity contribution in [3.8, 4) is 22.9 Å². The summed E-state index contributed by atoms with van der Waals surface area (Å²) in [5.74, 6) is -1.07. The maximum absolute atomic E-state index is 13.1. The summed E-state index contributed by atoms with van der Waals surface area (Å²) in [6.07, 6.45) is -2.28. The molecule has 0 atom stereocenters. The van der Waals surface area contributed by atoms with Gasteiger partial charge in [0.1, 0.15) is 11.4 Å². The highest BCUT2D eigenvalue weighted by molar-refractivity contribution is 9.10. The summed E-state index contributed by atoms with van der Waals surface area (Å²) in [4.78, 5) is 39.5. The second kappa shape index (κ2) is 8.86. The van der Waals surface area contributed by atoms with Crippen LogP contribution in [0.5, 0.6) is 17.2 Å². The van der Waals surface area contributed by atoms with Crippen LogP contribution in [0.3, 0.4) is 0 Å². The molecule has 2 heterocycles. The molecule has 3 rings (SSSR count). The fourth-order valence-electron chi connectivity index (χ4n) is 2.67. The third-order valence-corrected chi connectivity index (χ3v) is 4.76. The van der Waals surface area contributed by atoms with E-state index in [1.54, 1.807) is 0 Å². The van der Waals surface area contributed by atoms with Crippen LogP contribution in [-0.2, 0) is 18.0 Å². The molecule has 2 aromatic heterocycles. The molecule has 9 nitrogen and oxygen atoms in total. The fourth-order valence-corrected chi connectivity index (χ4v) is 2.99. The first-order chi connectivity index (χ1) is 15.0. The highest BCUT2D eigenvalue weighted by Gasteiger charge is 2.35. The molecule has 0 saturated carbocycles. The van der Waals surface area contributed by atoms with Gasteiger partial charge in [-0.25, -0.2) is 14.2 Å². The first-order valence-electron chi connectivity index (χ1n) is 8.65. The van der Waals surface area contributed by atoms with E-state index in [0.717, 1.165) is 7.05 Å². The molecule has 168 valence electrons. The van der Waals surface area contributed by atoms with Crippen molar-refractivity contribution in [2.45, 2.75) is 6.18 Å². The van der Waals surface area contributed by atoms with Crippen LogP contribution < -0.4 is 20.7 Å². The molecule has 0 aliphatic heterocycles. The third kappa shape index (κ3) is 4.82. The Morgan fingerprint density at radius 2 is 1.88 bits per heavy atom. The molecule has 0 saturated heterocycles. The summed E-state index contributed by atoms with van der Waals surface area (Å²) in [6, 6.07) is 5.68. The molecule has 0 fully saturated rings. The van der Waals surface area contributed by atoms with E-state index in [9.17, 15) is 27.6 Å². The first kappa shape index (κ1) is 23.1. The number of hydrogen-bond acceptors (Lipinski definition) is 6. The molecule has 0 aliphatic carbocycles. The Hall–Kier alpha value is -3.61. The van der Waals surface area contributed by atoms with Gasteiger partial charge >= 0.3 is 17.8 Å². The lowest BCUT2D eigenvalue weighted by Gasteiger charge is -2.15. The Bertz CT molecular complexity index is 1300. The Morgan fingerprint density at radius 1 is 1.16 bits per heavy atom. The second-order valence-electron chi connectivity index (χ2n) is 6.26. The molecule has 1 aromatic carbocycles. The van der Waals surface area contributed by atoms with Crippen molar-refractivity contribution in [1.29, 1.82) is 0 Å².